The molecule has 1 saturated heterocycles. The number of nitrogens with zero attached hydrogens (tertiary/aromatic N) is 4. The fourth-order valence-corrected chi connectivity index (χ4v) is 6.11. The second-order valence-electron chi connectivity index (χ2n) is 10.9. The SMILES string of the molecule is C[C@H](COCc1ccccc1)Oc1ccc(-c2ccc(C(=O)NS(=O)(=O)c3cccc(N)n3)c(N3[C@H](C)CC[C@@H]3C)n2)cn1. The first-order chi connectivity index (χ1) is 21.1. The molecule has 0 spiro atoms. The number of hydrogen-bond acceptors (Lipinski definition) is 10. The third-order valence-electron chi connectivity index (χ3n) is 7.38. The van der Waals surface area contributed by atoms with Crippen molar-refractivity contribution in [3.05, 3.63) is 90.1 Å². The minimum Gasteiger partial charge on any atom is -0.472 e. The standard InChI is InChI=1S/C32H36N6O5S/c1-21-12-13-22(2)38(21)31-26(32(39)37-44(40,41)30-11-7-10-28(33)36-30)15-16-27(35-31)25-14-17-29(34-18-25)43-23(3)19-42-20-24-8-5-4-6-9-24/h4-11,14-18,21-23H,12-13,19-20H2,1-3H3,(H2,33,36)(H,37,39)/t21-,22+,23-/m1/s1. The summed E-state index contributed by atoms with van der Waals surface area (Å²) in [5.74, 6) is 0.0724. The van der Waals surface area contributed by atoms with Gasteiger partial charge in [-0.3, -0.25) is 4.79 Å². The number of rotatable bonds is 11. The molecule has 1 aliphatic heterocycles. The van der Waals surface area contributed by atoms with Gasteiger partial charge in [0, 0.05) is 29.9 Å². The summed E-state index contributed by atoms with van der Waals surface area (Å²) in [7, 11) is -4.26. The molecule has 0 unspecified atom stereocenters. The first kappa shape index (κ1) is 30.9. The minimum absolute atomic E-state index is 0.0302. The summed E-state index contributed by atoms with van der Waals surface area (Å²) in [5.41, 5.74) is 8.19. The van der Waals surface area contributed by atoms with Crippen LogP contribution in [-0.4, -0.2) is 54.1 Å². The van der Waals surface area contributed by atoms with Crippen LogP contribution in [0.3, 0.4) is 0 Å². The quantitative estimate of drug-likeness (QED) is 0.245. The monoisotopic (exact) mass is 616 g/mol. The van der Waals surface area contributed by atoms with Crippen molar-refractivity contribution in [1.29, 1.82) is 0 Å². The Bertz CT molecular complexity index is 1690. The highest BCUT2D eigenvalue weighted by Gasteiger charge is 2.33. The Balaban J connectivity index is 1.33. The zero-order valence-electron chi connectivity index (χ0n) is 24.9. The lowest BCUT2D eigenvalue weighted by Gasteiger charge is -2.29. The average molecular weight is 617 g/mol. The van der Waals surface area contributed by atoms with Crippen LogP contribution in [0.5, 0.6) is 5.88 Å². The van der Waals surface area contributed by atoms with Crippen molar-refractivity contribution in [2.75, 3.05) is 17.2 Å². The first-order valence-electron chi connectivity index (χ1n) is 14.4. The number of nitrogen functional groups attached to an aromatic ring is 1. The van der Waals surface area contributed by atoms with Crippen LogP contribution in [0, 0.1) is 0 Å². The van der Waals surface area contributed by atoms with Gasteiger partial charge in [0.25, 0.3) is 15.9 Å². The Morgan fingerprint density at radius 2 is 1.75 bits per heavy atom. The van der Waals surface area contributed by atoms with Crippen LogP contribution in [0.4, 0.5) is 11.6 Å². The number of ether oxygens (including phenoxy) is 2. The van der Waals surface area contributed by atoms with Gasteiger partial charge in [-0.2, -0.15) is 8.42 Å². The predicted molar refractivity (Wildman–Crippen MR) is 168 cm³/mol. The summed E-state index contributed by atoms with van der Waals surface area (Å²) in [5, 5.41) is -0.342. The molecule has 44 heavy (non-hydrogen) atoms. The molecule has 0 radical (unpaired) electrons. The lowest BCUT2D eigenvalue weighted by molar-refractivity contribution is 0.0473. The Kier molecular flexibility index (Phi) is 9.40. The molecule has 3 aromatic heterocycles. The van der Waals surface area contributed by atoms with Crippen molar-refractivity contribution in [3.63, 3.8) is 0 Å². The molecule has 0 saturated carbocycles. The predicted octanol–water partition coefficient (Wildman–Crippen LogP) is 4.60. The van der Waals surface area contributed by atoms with Crippen molar-refractivity contribution in [2.45, 2.75) is 63.4 Å². The summed E-state index contributed by atoms with van der Waals surface area (Å²) in [6.07, 6.45) is 3.28. The number of aromatic nitrogens is 3. The van der Waals surface area contributed by atoms with E-state index in [1.165, 1.54) is 18.2 Å². The number of amides is 1. The number of pyridine rings is 3. The van der Waals surface area contributed by atoms with E-state index in [-0.39, 0.29) is 34.6 Å². The number of benzene rings is 1. The molecule has 0 aliphatic carbocycles. The summed E-state index contributed by atoms with van der Waals surface area (Å²) >= 11 is 0. The molecule has 1 aromatic carbocycles. The number of sulfonamides is 1. The molecular weight excluding hydrogens is 580 g/mol. The fraction of sp³-hybridized carbons (Fsp3) is 0.312. The van der Waals surface area contributed by atoms with E-state index in [2.05, 4.69) is 33.4 Å². The zero-order valence-corrected chi connectivity index (χ0v) is 25.7. The van der Waals surface area contributed by atoms with Crippen LogP contribution in [0.15, 0.2) is 84.0 Å². The van der Waals surface area contributed by atoms with Crippen LogP contribution < -0.4 is 20.1 Å². The van der Waals surface area contributed by atoms with Crippen molar-refractivity contribution >= 4 is 27.6 Å². The highest BCUT2D eigenvalue weighted by atomic mass is 32.2. The molecule has 230 valence electrons. The number of anilines is 2. The Hall–Kier alpha value is -4.55. The summed E-state index contributed by atoms with van der Waals surface area (Å²) < 4.78 is 39.7. The molecular formula is C32H36N6O5S. The molecule has 12 heteroatoms. The smallest absolute Gasteiger partial charge is 0.281 e. The maximum Gasteiger partial charge on any atom is 0.281 e. The minimum atomic E-state index is -4.26. The third-order valence-corrected chi connectivity index (χ3v) is 8.61. The topological polar surface area (TPSA) is 150 Å². The highest BCUT2D eigenvalue weighted by molar-refractivity contribution is 7.90. The normalized spacial score (nSPS) is 17.3. The van der Waals surface area contributed by atoms with Gasteiger partial charge in [-0.05, 0) is 69.5 Å². The second-order valence-corrected chi connectivity index (χ2v) is 12.5. The van der Waals surface area contributed by atoms with E-state index in [0.717, 1.165) is 24.0 Å². The van der Waals surface area contributed by atoms with Crippen molar-refractivity contribution in [1.82, 2.24) is 19.7 Å². The van der Waals surface area contributed by atoms with Gasteiger partial charge in [-0.25, -0.2) is 19.7 Å². The Labute approximate surface area is 257 Å². The largest absolute Gasteiger partial charge is 0.472 e. The second kappa shape index (κ2) is 13.4. The van der Waals surface area contributed by atoms with Crippen LogP contribution in [0.25, 0.3) is 11.3 Å². The van der Waals surface area contributed by atoms with E-state index in [1.54, 1.807) is 24.4 Å². The zero-order chi connectivity index (χ0) is 31.3. The van der Waals surface area contributed by atoms with E-state index in [1.807, 2.05) is 43.3 Å². The molecule has 5 rings (SSSR count). The van der Waals surface area contributed by atoms with Gasteiger partial charge in [-0.1, -0.05) is 36.4 Å². The van der Waals surface area contributed by atoms with E-state index >= 15 is 0 Å². The Morgan fingerprint density at radius 1 is 1.00 bits per heavy atom. The first-order valence-corrected chi connectivity index (χ1v) is 15.9. The molecule has 1 amide bonds. The van der Waals surface area contributed by atoms with Gasteiger partial charge in [0.15, 0.2) is 5.03 Å². The molecule has 4 heterocycles. The van der Waals surface area contributed by atoms with Gasteiger partial charge >= 0.3 is 0 Å². The molecule has 1 aliphatic rings. The van der Waals surface area contributed by atoms with E-state index in [9.17, 15) is 13.2 Å². The number of nitrogens with one attached hydrogen (secondary N) is 1. The summed E-state index contributed by atoms with van der Waals surface area (Å²) in [4.78, 5) is 28.6. The number of nitrogens with two attached hydrogens (primary N) is 1. The number of carbonyl (C=O) groups is 1. The van der Waals surface area contributed by atoms with Crippen LogP contribution in [0.1, 0.15) is 49.5 Å². The van der Waals surface area contributed by atoms with Gasteiger partial charge in [0.05, 0.1) is 24.5 Å². The summed E-state index contributed by atoms with van der Waals surface area (Å²) in [6, 6.07) is 21.2. The molecule has 3 N–H and O–H groups in total. The van der Waals surface area contributed by atoms with Crippen molar-refractivity contribution < 1.29 is 22.7 Å². The van der Waals surface area contributed by atoms with Gasteiger partial charge in [0.1, 0.15) is 17.7 Å². The maximum absolute atomic E-state index is 13.4. The van der Waals surface area contributed by atoms with E-state index < -0.39 is 15.9 Å². The van der Waals surface area contributed by atoms with Crippen LogP contribution >= 0.6 is 0 Å². The van der Waals surface area contributed by atoms with Gasteiger partial charge < -0.3 is 20.1 Å². The molecule has 11 nitrogen and oxygen atoms in total. The van der Waals surface area contributed by atoms with Crippen LogP contribution in [-0.2, 0) is 21.4 Å². The molecule has 4 aromatic rings. The van der Waals surface area contributed by atoms with Crippen molar-refractivity contribution in [3.8, 4) is 17.1 Å². The number of carbonyl (C=O) groups excluding carboxylic acids is 1. The fourth-order valence-electron chi connectivity index (χ4n) is 5.16. The van der Waals surface area contributed by atoms with Gasteiger partial charge in [0.2, 0.25) is 5.88 Å². The third kappa shape index (κ3) is 7.32. The maximum atomic E-state index is 13.4. The molecule has 3 atom stereocenters. The van der Waals surface area contributed by atoms with Crippen LogP contribution in [0.2, 0.25) is 0 Å². The lowest BCUT2D eigenvalue weighted by atomic mass is 10.1. The molecule has 1 fully saturated rings. The lowest BCUT2D eigenvalue weighted by Crippen LogP contribution is -2.37. The highest BCUT2D eigenvalue weighted by Crippen LogP contribution is 2.33. The average Bonchev–Trinajstić information content (AvgIpc) is 3.34. The van der Waals surface area contributed by atoms with E-state index in [4.69, 9.17) is 20.2 Å². The number of hydrogen-bond donors (Lipinski definition) is 2. The van der Waals surface area contributed by atoms with Gasteiger partial charge in [-0.15, -0.1) is 0 Å². The van der Waals surface area contributed by atoms with Crippen molar-refractivity contribution in [2.24, 2.45) is 0 Å². The summed E-state index contributed by atoms with van der Waals surface area (Å²) in [6.45, 7) is 6.94. The Morgan fingerprint density at radius 3 is 2.43 bits per heavy atom. The molecule has 0 bridgehead atoms. The van der Waals surface area contributed by atoms with E-state index in [0.29, 0.717) is 30.6 Å².